The SMILES string of the molecule is Cn1cccc1C(F)(F)C(F)(F)C(F)(F)C(F)(F)C(F)(F)C(F)(F)F. The second kappa shape index (κ2) is 5.43. The van der Waals surface area contributed by atoms with Crippen LogP contribution in [0.25, 0.3) is 0 Å². The predicted octanol–water partition coefficient (Wildman–Crippen LogP) is 5.22. The molecule has 0 aliphatic carbocycles. The van der Waals surface area contributed by atoms with E-state index in [9.17, 15) is 57.1 Å². The molecule has 1 aromatic heterocycles. The van der Waals surface area contributed by atoms with E-state index in [4.69, 9.17) is 0 Å². The average Bonchev–Trinajstić information content (AvgIpc) is 2.83. The molecule has 1 aromatic rings. The van der Waals surface area contributed by atoms with Crippen LogP contribution < -0.4 is 0 Å². The Balaban J connectivity index is 3.57. The average molecular weight is 399 g/mol. The van der Waals surface area contributed by atoms with Crippen molar-refractivity contribution in [2.45, 2.75) is 35.8 Å². The topological polar surface area (TPSA) is 4.93 Å². The summed E-state index contributed by atoms with van der Waals surface area (Å²) in [6, 6.07) is 0.671. The van der Waals surface area contributed by atoms with Crippen LogP contribution in [-0.4, -0.2) is 34.4 Å². The zero-order chi connectivity index (χ0) is 20.3. The Morgan fingerprint density at radius 3 is 1.36 bits per heavy atom. The molecule has 1 heterocycles. The molecule has 0 radical (unpaired) electrons. The second-order valence-corrected chi connectivity index (χ2v) is 4.87. The van der Waals surface area contributed by atoms with Crippen LogP contribution in [0, 0.1) is 0 Å². The van der Waals surface area contributed by atoms with E-state index in [1.54, 1.807) is 0 Å². The van der Waals surface area contributed by atoms with Crippen LogP contribution in [0.5, 0.6) is 0 Å². The highest BCUT2D eigenvalue weighted by Gasteiger charge is 2.91. The summed E-state index contributed by atoms with van der Waals surface area (Å²) in [6.07, 6.45) is -6.81. The zero-order valence-electron chi connectivity index (χ0n) is 11.6. The number of hydrogen-bond acceptors (Lipinski definition) is 0. The fraction of sp³-hybridized carbons (Fsp3) is 0.636. The van der Waals surface area contributed by atoms with E-state index in [0.29, 0.717) is 19.3 Å². The maximum absolute atomic E-state index is 13.6. The van der Waals surface area contributed by atoms with Crippen molar-refractivity contribution in [3.05, 3.63) is 24.0 Å². The van der Waals surface area contributed by atoms with E-state index in [2.05, 4.69) is 0 Å². The Labute approximate surface area is 130 Å². The lowest BCUT2D eigenvalue weighted by Gasteiger charge is -2.39. The minimum absolute atomic E-state index is 0.0734. The minimum atomic E-state index is -7.88. The summed E-state index contributed by atoms with van der Waals surface area (Å²) in [6.45, 7) is 0. The van der Waals surface area contributed by atoms with Crippen molar-refractivity contribution in [2.75, 3.05) is 0 Å². The molecule has 0 saturated carbocycles. The number of rotatable bonds is 5. The number of aryl methyl sites for hydroxylation is 1. The molecule has 0 N–H and O–H groups in total. The molecule has 146 valence electrons. The van der Waals surface area contributed by atoms with E-state index in [1.807, 2.05) is 0 Å². The molecule has 0 aliphatic rings. The number of alkyl halides is 13. The standard InChI is InChI=1S/C11H6F13N/c1-25-4-2-3-5(25)6(12,13)7(14,15)8(16,17)9(18,19)10(20,21)11(22,23)24/h2-4H,1H3. The number of aromatic nitrogens is 1. The quantitative estimate of drug-likeness (QED) is 0.599. The van der Waals surface area contributed by atoms with Gasteiger partial charge in [0.25, 0.3) is 0 Å². The van der Waals surface area contributed by atoms with Gasteiger partial charge in [-0.05, 0) is 12.1 Å². The molecular formula is C11H6F13N. The van der Waals surface area contributed by atoms with Gasteiger partial charge in [-0.25, -0.2) is 0 Å². The zero-order valence-corrected chi connectivity index (χ0v) is 11.6. The van der Waals surface area contributed by atoms with Crippen molar-refractivity contribution in [3.63, 3.8) is 0 Å². The molecule has 0 saturated heterocycles. The van der Waals surface area contributed by atoms with Gasteiger partial charge in [0.1, 0.15) is 0 Å². The van der Waals surface area contributed by atoms with Crippen molar-refractivity contribution in [1.29, 1.82) is 0 Å². The number of hydrogen-bond donors (Lipinski definition) is 0. The lowest BCUT2D eigenvalue weighted by Crippen LogP contribution is -2.69. The lowest BCUT2D eigenvalue weighted by molar-refractivity contribution is -0.442. The number of nitrogens with zero attached hydrogens (tertiary/aromatic N) is 1. The Kier molecular flexibility index (Phi) is 4.65. The van der Waals surface area contributed by atoms with Crippen LogP contribution in [0.3, 0.4) is 0 Å². The Morgan fingerprint density at radius 2 is 1.04 bits per heavy atom. The first-order valence-electron chi connectivity index (χ1n) is 5.84. The summed E-state index contributed by atoms with van der Waals surface area (Å²) in [7, 11) is 0.597. The highest BCUT2D eigenvalue weighted by Crippen LogP contribution is 2.61. The van der Waals surface area contributed by atoms with Gasteiger partial charge in [-0.1, -0.05) is 0 Å². The maximum atomic E-state index is 13.6. The second-order valence-electron chi connectivity index (χ2n) is 4.87. The van der Waals surface area contributed by atoms with Crippen LogP contribution in [-0.2, 0) is 13.0 Å². The molecular weight excluding hydrogens is 393 g/mol. The summed E-state index contributed by atoms with van der Waals surface area (Å²) >= 11 is 0. The van der Waals surface area contributed by atoms with Crippen molar-refractivity contribution in [3.8, 4) is 0 Å². The van der Waals surface area contributed by atoms with E-state index in [-0.39, 0.29) is 10.6 Å². The normalized spacial score (nSPS) is 15.6. The molecule has 14 heteroatoms. The molecule has 0 aromatic carbocycles. The van der Waals surface area contributed by atoms with Crippen molar-refractivity contribution >= 4 is 0 Å². The van der Waals surface area contributed by atoms with Crippen LogP contribution in [0.4, 0.5) is 57.1 Å². The molecule has 0 unspecified atom stereocenters. The summed E-state index contributed by atoms with van der Waals surface area (Å²) in [5.41, 5.74) is -2.01. The van der Waals surface area contributed by atoms with Crippen molar-refractivity contribution in [1.82, 2.24) is 4.57 Å². The van der Waals surface area contributed by atoms with E-state index < -0.39 is 41.5 Å². The highest BCUT2D eigenvalue weighted by molar-refractivity contribution is 5.21. The fourth-order valence-electron chi connectivity index (χ4n) is 1.72. The van der Waals surface area contributed by atoms with Crippen LogP contribution in [0.15, 0.2) is 18.3 Å². The third-order valence-electron chi connectivity index (χ3n) is 3.20. The van der Waals surface area contributed by atoms with E-state index >= 15 is 0 Å². The molecule has 1 rings (SSSR count). The molecule has 0 amide bonds. The van der Waals surface area contributed by atoms with Crippen LogP contribution >= 0.6 is 0 Å². The van der Waals surface area contributed by atoms with Crippen LogP contribution in [0.2, 0.25) is 0 Å². The van der Waals surface area contributed by atoms with Gasteiger partial charge < -0.3 is 4.57 Å². The molecule has 25 heavy (non-hydrogen) atoms. The first-order valence-corrected chi connectivity index (χ1v) is 5.84. The highest BCUT2D eigenvalue weighted by atomic mass is 19.4. The molecule has 0 bridgehead atoms. The van der Waals surface area contributed by atoms with Gasteiger partial charge in [-0.15, -0.1) is 0 Å². The Hall–Kier alpha value is -1.63. The van der Waals surface area contributed by atoms with Gasteiger partial charge in [0.05, 0.1) is 5.69 Å². The summed E-state index contributed by atoms with van der Waals surface area (Å²) < 4.78 is 168. The first-order chi connectivity index (χ1) is 10.8. The van der Waals surface area contributed by atoms with Crippen LogP contribution in [0.1, 0.15) is 5.69 Å². The predicted molar refractivity (Wildman–Crippen MR) is 55.1 cm³/mol. The van der Waals surface area contributed by atoms with E-state index in [0.717, 1.165) is 0 Å². The molecule has 0 atom stereocenters. The summed E-state index contributed by atoms with van der Waals surface area (Å²) in [5.74, 6) is -36.9. The number of halogens is 13. The Bertz CT molecular complexity index is 624. The monoisotopic (exact) mass is 399 g/mol. The fourth-order valence-corrected chi connectivity index (χ4v) is 1.72. The van der Waals surface area contributed by atoms with Gasteiger partial charge in [-0.2, -0.15) is 57.1 Å². The largest absolute Gasteiger partial charge is 0.460 e. The van der Waals surface area contributed by atoms with Gasteiger partial charge in [0, 0.05) is 13.2 Å². The minimum Gasteiger partial charge on any atom is -0.349 e. The van der Waals surface area contributed by atoms with E-state index in [1.165, 1.54) is 0 Å². The van der Waals surface area contributed by atoms with Crippen molar-refractivity contribution in [2.24, 2.45) is 7.05 Å². The van der Waals surface area contributed by atoms with Gasteiger partial charge >= 0.3 is 35.8 Å². The molecule has 0 aliphatic heterocycles. The lowest BCUT2D eigenvalue weighted by atomic mass is 9.92. The van der Waals surface area contributed by atoms with Gasteiger partial charge in [-0.3, -0.25) is 0 Å². The third kappa shape index (κ3) is 2.63. The van der Waals surface area contributed by atoms with Gasteiger partial charge in [0.2, 0.25) is 0 Å². The smallest absolute Gasteiger partial charge is 0.349 e. The van der Waals surface area contributed by atoms with Gasteiger partial charge in [0.15, 0.2) is 0 Å². The Morgan fingerprint density at radius 1 is 0.640 bits per heavy atom. The first kappa shape index (κ1) is 21.4. The summed E-state index contributed by atoms with van der Waals surface area (Å²) in [4.78, 5) is 0. The third-order valence-corrected chi connectivity index (χ3v) is 3.20. The molecule has 0 fully saturated rings. The summed E-state index contributed by atoms with van der Waals surface area (Å²) in [5, 5.41) is 0. The molecule has 1 nitrogen and oxygen atoms in total. The maximum Gasteiger partial charge on any atom is 0.460 e. The molecule has 0 spiro atoms. The van der Waals surface area contributed by atoms with Crippen molar-refractivity contribution < 1.29 is 57.1 Å².